The summed E-state index contributed by atoms with van der Waals surface area (Å²) in [6.07, 6.45) is 5.44. The minimum Gasteiger partial charge on any atom is -0.477 e. The van der Waals surface area contributed by atoms with Gasteiger partial charge in [0, 0.05) is 26.3 Å². The van der Waals surface area contributed by atoms with E-state index < -0.39 is 5.97 Å². The molecule has 0 spiro atoms. The molecule has 7 nitrogen and oxygen atoms in total. The van der Waals surface area contributed by atoms with Gasteiger partial charge in [0.1, 0.15) is 18.1 Å². The van der Waals surface area contributed by atoms with Gasteiger partial charge in [0.05, 0.1) is 0 Å². The molecule has 116 valence electrons. The van der Waals surface area contributed by atoms with Gasteiger partial charge in [-0.05, 0) is 24.4 Å². The number of hydrogen-bond donors (Lipinski definition) is 1. The Kier molecular flexibility index (Phi) is 5.33. The van der Waals surface area contributed by atoms with Crippen molar-refractivity contribution in [3.05, 3.63) is 17.0 Å². The summed E-state index contributed by atoms with van der Waals surface area (Å²) in [4.78, 5) is 26.6. The van der Waals surface area contributed by atoms with Crippen LogP contribution in [-0.4, -0.2) is 53.0 Å². The average molecular weight is 315 g/mol. The summed E-state index contributed by atoms with van der Waals surface area (Å²) in [5.74, 6) is -0.759. The van der Waals surface area contributed by atoms with Crippen LogP contribution in [0.25, 0.3) is 0 Å². The van der Waals surface area contributed by atoms with E-state index in [4.69, 9.17) is 16.4 Å². The van der Waals surface area contributed by atoms with Crippen molar-refractivity contribution in [1.82, 2.24) is 15.0 Å². The molecule has 0 atom stereocenters. The number of carbonyl (C=O) groups is 1. The summed E-state index contributed by atoms with van der Waals surface area (Å²) in [7, 11) is 3.55. The number of hydroxylamine groups is 2. The molecule has 0 saturated heterocycles. The van der Waals surface area contributed by atoms with Crippen LogP contribution in [0.1, 0.15) is 36.0 Å². The fourth-order valence-corrected chi connectivity index (χ4v) is 2.58. The Morgan fingerprint density at radius 2 is 2.14 bits per heavy atom. The van der Waals surface area contributed by atoms with E-state index >= 15 is 0 Å². The maximum absolute atomic E-state index is 11.4. The van der Waals surface area contributed by atoms with Crippen LogP contribution in [0.3, 0.4) is 0 Å². The molecule has 1 aromatic heterocycles. The molecule has 0 radical (unpaired) electrons. The van der Waals surface area contributed by atoms with E-state index in [1.165, 1.54) is 6.20 Å². The average Bonchev–Trinajstić information content (AvgIpc) is 2.92. The molecule has 1 aromatic rings. The zero-order valence-corrected chi connectivity index (χ0v) is 12.9. The number of carboxylic acid groups (broad SMARTS) is 1. The van der Waals surface area contributed by atoms with E-state index in [1.54, 1.807) is 19.2 Å². The highest BCUT2D eigenvalue weighted by atomic mass is 35.5. The summed E-state index contributed by atoms with van der Waals surface area (Å²) < 4.78 is 0. The van der Waals surface area contributed by atoms with Crippen molar-refractivity contribution in [2.24, 2.45) is 0 Å². The predicted molar refractivity (Wildman–Crippen MR) is 78.4 cm³/mol. The second kappa shape index (κ2) is 7.02. The first-order valence-corrected chi connectivity index (χ1v) is 7.19. The number of aromatic nitrogens is 2. The molecule has 0 aromatic carbocycles. The van der Waals surface area contributed by atoms with Gasteiger partial charge in [-0.2, -0.15) is 10.0 Å². The van der Waals surface area contributed by atoms with E-state index in [2.05, 4.69) is 9.97 Å². The molecule has 1 heterocycles. The highest BCUT2D eigenvalue weighted by Crippen LogP contribution is 2.29. The summed E-state index contributed by atoms with van der Waals surface area (Å²) in [6.45, 7) is 0.227. The van der Waals surface area contributed by atoms with E-state index in [-0.39, 0.29) is 23.6 Å². The molecule has 1 fully saturated rings. The Morgan fingerprint density at radius 1 is 1.48 bits per heavy atom. The van der Waals surface area contributed by atoms with Gasteiger partial charge >= 0.3 is 5.97 Å². The molecule has 0 aliphatic heterocycles. The van der Waals surface area contributed by atoms with Crippen molar-refractivity contribution in [1.29, 1.82) is 0 Å². The van der Waals surface area contributed by atoms with E-state index in [0.717, 1.165) is 25.7 Å². The first kappa shape index (κ1) is 15.9. The molecule has 0 unspecified atom stereocenters. The molecule has 8 heteroatoms. The van der Waals surface area contributed by atoms with Crippen molar-refractivity contribution in [2.75, 3.05) is 25.7 Å². The zero-order valence-electron chi connectivity index (χ0n) is 12.1. The Bertz CT molecular complexity index is 506. The van der Waals surface area contributed by atoms with Crippen molar-refractivity contribution in [3.8, 4) is 0 Å². The molecule has 2 rings (SSSR count). The first-order chi connectivity index (χ1) is 9.99. The maximum atomic E-state index is 11.4. The maximum Gasteiger partial charge on any atom is 0.341 e. The Labute approximate surface area is 128 Å². The predicted octanol–water partition coefficient (Wildman–Crippen LogP) is 2.03. The van der Waals surface area contributed by atoms with Crippen molar-refractivity contribution in [2.45, 2.75) is 31.7 Å². The van der Waals surface area contributed by atoms with Gasteiger partial charge in [-0.3, -0.25) is 4.84 Å². The van der Waals surface area contributed by atoms with Crippen LogP contribution in [-0.2, 0) is 4.84 Å². The normalized spacial score (nSPS) is 15.6. The smallest absolute Gasteiger partial charge is 0.341 e. The number of halogens is 1. The molecule has 1 aliphatic carbocycles. The second-order valence-electron chi connectivity index (χ2n) is 5.16. The van der Waals surface area contributed by atoms with Crippen LogP contribution >= 0.6 is 11.6 Å². The molecule has 21 heavy (non-hydrogen) atoms. The zero-order chi connectivity index (χ0) is 15.4. The van der Waals surface area contributed by atoms with Crippen LogP contribution in [0.15, 0.2) is 6.20 Å². The van der Waals surface area contributed by atoms with Crippen LogP contribution in [0, 0.1) is 0 Å². The summed E-state index contributed by atoms with van der Waals surface area (Å²) in [6, 6.07) is 0.203. The van der Waals surface area contributed by atoms with E-state index in [0.29, 0.717) is 5.82 Å². The van der Waals surface area contributed by atoms with Crippen molar-refractivity contribution in [3.63, 3.8) is 0 Å². The topological polar surface area (TPSA) is 78.8 Å². The molecular formula is C13H19ClN4O3. The van der Waals surface area contributed by atoms with Gasteiger partial charge in [-0.25, -0.2) is 9.78 Å². The number of hydrogen-bond acceptors (Lipinski definition) is 6. The largest absolute Gasteiger partial charge is 0.477 e. The van der Waals surface area contributed by atoms with Crippen LogP contribution < -0.4 is 4.90 Å². The Morgan fingerprint density at radius 3 is 2.71 bits per heavy atom. The summed E-state index contributed by atoms with van der Waals surface area (Å²) in [5.41, 5.74) is 0.0358. The van der Waals surface area contributed by atoms with Crippen molar-refractivity contribution < 1.29 is 14.7 Å². The third-order valence-electron chi connectivity index (χ3n) is 3.46. The lowest BCUT2D eigenvalue weighted by Gasteiger charge is -2.31. The van der Waals surface area contributed by atoms with Gasteiger partial charge in [0.25, 0.3) is 0 Å². The first-order valence-electron chi connectivity index (χ1n) is 6.81. The number of carboxylic acids is 1. The summed E-state index contributed by atoms with van der Waals surface area (Å²) in [5, 5.41) is 10.9. The Balaban J connectivity index is 2.34. The van der Waals surface area contributed by atoms with Gasteiger partial charge < -0.3 is 10.0 Å². The van der Waals surface area contributed by atoms with Gasteiger partial charge in [0.2, 0.25) is 5.28 Å². The lowest BCUT2D eigenvalue weighted by molar-refractivity contribution is -0.120. The minimum atomic E-state index is -1.07. The van der Waals surface area contributed by atoms with E-state index in [9.17, 15) is 9.90 Å². The van der Waals surface area contributed by atoms with Gasteiger partial charge in [0.15, 0.2) is 0 Å². The molecule has 0 amide bonds. The fraction of sp³-hybridized carbons (Fsp3) is 0.615. The summed E-state index contributed by atoms with van der Waals surface area (Å²) >= 11 is 5.84. The second-order valence-corrected chi connectivity index (χ2v) is 5.50. The SMILES string of the molecule is CN(C)OCN(c1nc(Cl)ncc1C(=O)O)C1CCCC1. The fourth-order valence-electron chi connectivity index (χ4n) is 2.45. The molecule has 1 saturated carbocycles. The van der Waals surface area contributed by atoms with E-state index in [1.807, 2.05) is 4.90 Å². The Hall–Kier alpha value is -1.44. The third kappa shape index (κ3) is 4.03. The van der Waals surface area contributed by atoms with Gasteiger partial charge in [-0.15, -0.1) is 0 Å². The van der Waals surface area contributed by atoms with Crippen molar-refractivity contribution >= 4 is 23.4 Å². The number of aromatic carboxylic acids is 1. The lowest BCUT2D eigenvalue weighted by atomic mass is 10.2. The molecular weight excluding hydrogens is 296 g/mol. The number of nitrogens with zero attached hydrogens (tertiary/aromatic N) is 4. The standard InChI is InChI=1S/C13H19ClN4O3/c1-17(2)21-8-18(9-5-3-4-6-9)11-10(12(19)20)7-15-13(14)16-11/h7,9H,3-6,8H2,1-2H3,(H,19,20). The highest BCUT2D eigenvalue weighted by Gasteiger charge is 2.28. The number of rotatable bonds is 6. The quantitative estimate of drug-likeness (QED) is 0.489. The molecule has 1 N–H and O–H groups in total. The van der Waals surface area contributed by atoms with Crippen LogP contribution in [0.2, 0.25) is 5.28 Å². The van der Waals surface area contributed by atoms with Crippen LogP contribution in [0.4, 0.5) is 5.82 Å². The highest BCUT2D eigenvalue weighted by molar-refractivity contribution is 6.28. The third-order valence-corrected chi connectivity index (χ3v) is 3.64. The van der Waals surface area contributed by atoms with Crippen LogP contribution in [0.5, 0.6) is 0 Å². The molecule has 1 aliphatic rings. The number of anilines is 1. The minimum absolute atomic E-state index is 0.0304. The lowest BCUT2D eigenvalue weighted by Crippen LogP contribution is -2.39. The van der Waals surface area contributed by atoms with Gasteiger partial charge in [-0.1, -0.05) is 12.8 Å². The molecule has 0 bridgehead atoms. The monoisotopic (exact) mass is 314 g/mol.